The molecule has 0 saturated heterocycles. The van der Waals surface area contributed by atoms with E-state index >= 15 is 0 Å². The van der Waals surface area contributed by atoms with Crippen LogP contribution in [0, 0.1) is 5.41 Å². The molecule has 3 aliphatic rings. The Morgan fingerprint density at radius 2 is 1.55 bits per heavy atom. The van der Waals surface area contributed by atoms with E-state index in [0.717, 1.165) is 12.8 Å². The van der Waals surface area contributed by atoms with Crippen LogP contribution < -0.4 is 4.74 Å². The molecular formula is C27H40O2. The second-order valence-electron chi connectivity index (χ2n) is 9.58. The van der Waals surface area contributed by atoms with Crippen molar-refractivity contribution in [3.63, 3.8) is 0 Å². The summed E-state index contributed by atoms with van der Waals surface area (Å²) in [5.74, 6) is 0.382. The van der Waals surface area contributed by atoms with Crippen molar-refractivity contribution < 1.29 is 9.53 Å². The van der Waals surface area contributed by atoms with Crippen molar-refractivity contribution in [1.29, 1.82) is 0 Å². The molecule has 3 saturated carbocycles. The minimum atomic E-state index is -0.275. The molecule has 2 nitrogen and oxygen atoms in total. The van der Waals surface area contributed by atoms with Gasteiger partial charge in [0, 0.05) is 6.08 Å². The van der Waals surface area contributed by atoms with Crippen LogP contribution in [0.15, 0.2) is 36.4 Å². The van der Waals surface area contributed by atoms with Crippen molar-refractivity contribution in [2.24, 2.45) is 5.41 Å². The average Bonchev–Trinajstić information content (AvgIpc) is 2.75. The minimum absolute atomic E-state index is 0.275. The third kappa shape index (κ3) is 5.74. The van der Waals surface area contributed by atoms with Gasteiger partial charge in [-0.05, 0) is 79.9 Å². The van der Waals surface area contributed by atoms with Crippen LogP contribution in [0.25, 0.3) is 0 Å². The molecule has 2 heteroatoms. The van der Waals surface area contributed by atoms with Crippen molar-refractivity contribution >= 4 is 5.97 Å². The number of fused-ring (bicyclic) bond motifs is 3. The third-order valence-corrected chi connectivity index (χ3v) is 7.61. The summed E-state index contributed by atoms with van der Waals surface area (Å²) in [6.45, 7) is 4.39. The zero-order valence-corrected chi connectivity index (χ0v) is 18.7. The highest BCUT2D eigenvalue weighted by atomic mass is 16.5. The second-order valence-corrected chi connectivity index (χ2v) is 9.58. The molecule has 0 aromatic heterocycles. The van der Waals surface area contributed by atoms with Crippen molar-refractivity contribution in [2.75, 3.05) is 0 Å². The standard InChI is InChI=1S/C27H40O2/c1-3-5-7-8-10-16-26-17-20-27(21-18-26,22-19-26)23-12-14-24(15-13-23)29-25(28)11-9-6-4-2/h9,11-15H,3-8,10,16-22H2,1-2H3. The molecule has 0 N–H and O–H groups in total. The Labute approximate surface area is 178 Å². The number of esters is 1. The van der Waals surface area contributed by atoms with Gasteiger partial charge in [0.25, 0.3) is 0 Å². The molecule has 160 valence electrons. The van der Waals surface area contributed by atoms with Crippen LogP contribution in [0.1, 0.15) is 109 Å². The summed E-state index contributed by atoms with van der Waals surface area (Å²) in [6, 6.07) is 8.39. The van der Waals surface area contributed by atoms with Crippen molar-refractivity contribution in [2.45, 2.75) is 109 Å². The Morgan fingerprint density at radius 1 is 0.897 bits per heavy atom. The third-order valence-electron chi connectivity index (χ3n) is 7.61. The van der Waals surface area contributed by atoms with Gasteiger partial charge in [-0.15, -0.1) is 0 Å². The maximum atomic E-state index is 11.9. The lowest BCUT2D eigenvalue weighted by molar-refractivity contribution is -0.129. The topological polar surface area (TPSA) is 26.3 Å². The highest BCUT2D eigenvalue weighted by molar-refractivity contribution is 5.83. The van der Waals surface area contributed by atoms with Crippen LogP contribution in [0.4, 0.5) is 0 Å². The van der Waals surface area contributed by atoms with Crippen molar-refractivity contribution in [1.82, 2.24) is 0 Å². The van der Waals surface area contributed by atoms with Gasteiger partial charge in [-0.2, -0.15) is 0 Å². The van der Waals surface area contributed by atoms with E-state index in [1.807, 2.05) is 18.2 Å². The van der Waals surface area contributed by atoms with Gasteiger partial charge in [0.2, 0.25) is 0 Å². The first-order valence-corrected chi connectivity index (χ1v) is 12.1. The summed E-state index contributed by atoms with van der Waals surface area (Å²) in [4.78, 5) is 11.9. The van der Waals surface area contributed by atoms with Crippen LogP contribution in [0.2, 0.25) is 0 Å². The molecule has 2 bridgehead atoms. The number of ether oxygens (including phenoxy) is 1. The van der Waals surface area contributed by atoms with Crippen LogP contribution in [0.5, 0.6) is 5.75 Å². The number of benzene rings is 1. The number of carbonyl (C=O) groups is 1. The Bertz CT molecular complexity index is 646. The number of rotatable bonds is 11. The van der Waals surface area contributed by atoms with Gasteiger partial charge in [-0.25, -0.2) is 4.79 Å². The first-order chi connectivity index (χ1) is 14.1. The molecule has 0 unspecified atom stereocenters. The fraction of sp³-hybridized carbons (Fsp3) is 0.667. The summed E-state index contributed by atoms with van der Waals surface area (Å²) in [5.41, 5.74) is 2.47. The molecule has 0 spiro atoms. The fourth-order valence-corrected chi connectivity index (χ4v) is 5.55. The van der Waals surface area contributed by atoms with E-state index in [9.17, 15) is 4.79 Å². The molecule has 0 amide bonds. The number of hydrogen-bond donors (Lipinski definition) is 0. The lowest BCUT2D eigenvalue weighted by Gasteiger charge is -2.54. The Hall–Kier alpha value is -1.57. The highest BCUT2D eigenvalue weighted by Crippen LogP contribution is 2.59. The summed E-state index contributed by atoms with van der Waals surface area (Å²) in [5, 5.41) is 0. The molecule has 0 aliphatic heterocycles. The zero-order chi connectivity index (χ0) is 20.6. The van der Waals surface area contributed by atoms with Crippen molar-refractivity contribution in [3.05, 3.63) is 42.0 Å². The van der Waals surface area contributed by atoms with E-state index in [-0.39, 0.29) is 5.97 Å². The van der Waals surface area contributed by atoms with Gasteiger partial charge in [0.1, 0.15) is 5.75 Å². The first-order valence-electron chi connectivity index (χ1n) is 12.1. The molecule has 0 radical (unpaired) electrons. The Morgan fingerprint density at radius 3 is 2.17 bits per heavy atom. The van der Waals surface area contributed by atoms with Gasteiger partial charge >= 0.3 is 5.97 Å². The molecule has 1 aromatic rings. The molecule has 29 heavy (non-hydrogen) atoms. The average molecular weight is 397 g/mol. The van der Waals surface area contributed by atoms with E-state index in [0.29, 0.717) is 16.6 Å². The molecule has 0 heterocycles. The van der Waals surface area contributed by atoms with Gasteiger partial charge < -0.3 is 4.74 Å². The van der Waals surface area contributed by atoms with Gasteiger partial charge in [0.05, 0.1) is 0 Å². The fourth-order valence-electron chi connectivity index (χ4n) is 5.55. The quantitative estimate of drug-likeness (QED) is 0.164. The number of allylic oxidation sites excluding steroid dienone is 1. The van der Waals surface area contributed by atoms with Crippen LogP contribution in [0.3, 0.4) is 0 Å². The molecule has 3 fully saturated rings. The molecular weight excluding hydrogens is 356 g/mol. The lowest BCUT2D eigenvalue weighted by atomic mass is 9.51. The van der Waals surface area contributed by atoms with E-state index in [1.54, 1.807) is 6.08 Å². The largest absolute Gasteiger partial charge is 0.423 e. The molecule has 1 aromatic carbocycles. The second kappa shape index (κ2) is 10.5. The minimum Gasteiger partial charge on any atom is -0.423 e. The van der Waals surface area contributed by atoms with E-state index in [2.05, 4.69) is 26.0 Å². The predicted molar refractivity (Wildman–Crippen MR) is 121 cm³/mol. The molecule has 3 aliphatic carbocycles. The summed E-state index contributed by atoms with van der Waals surface area (Å²) in [6.07, 6.45) is 22.1. The normalized spacial score (nSPS) is 26.1. The summed E-state index contributed by atoms with van der Waals surface area (Å²) in [7, 11) is 0. The smallest absolute Gasteiger partial charge is 0.335 e. The Balaban J connectivity index is 1.51. The van der Waals surface area contributed by atoms with Gasteiger partial charge in [-0.3, -0.25) is 0 Å². The number of hydrogen-bond acceptors (Lipinski definition) is 2. The number of unbranched alkanes of at least 4 members (excludes halogenated alkanes) is 5. The van der Waals surface area contributed by atoms with Crippen LogP contribution in [-0.2, 0) is 10.2 Å². The summed E-state index contributed by atoms with van der Waals surface area (Å²) >= 11 is 0. The van der Waals surface area contributed by atoms with E-state index < -0.39 is 0 Å². The SMILES string of the molecule is CCCC=CC(=O)Oc1ccc(C23CCC(CCCCCCC)(CC2)CC3)cc1. The van der Waals surface area contributed by atoms with Crippen LogP contribution in [-0.4, -0.2) is 5.97 Å². The Kier molecular flexibility index (Phi) is 7.98. The van der Waals surface area contributed by atoms with Gasteiger partial charge in [0.15, 0.2) is 0 Å². The summed E-state index contributed by atoms with van der Waals surface area (Å²) < 4.78 is 5.44. The monoisotopic (exact) mass is 396 g/mol. The maximum Gasteiger partial charge on any atom is 0.335 e. The molecule has 4 rings (SSSR count). The zero-order valence-electron chi connectivity index (χ0n) is 18.7. The maximum absolute atomic E-state index is 11.9. The lowest BCUT2D eigenvalue weighted by Crippen LogP contribution is -2.44. The van der Waals surface area contributed by atoms with Crippen LogP contribution >= 0.6 is 0 Å². The van der Waals surface area contributed by atoms with E-state index in [4.69, 9.17) is 4.74 Å². The molecule has 0 atom stereocenters. The number of carbonyl (C=O) groups excluding carboxylic acids is 1. The predicted octanol–water partition coefficient (Wildman–Crippen LogP) is 7.90. The van der Waals surface area contributed by atoms with Crippen molar-refractivity contribution in [3.8, 4) is 5.75 Å². The van der Waals surface area contributed by atoms with Gasteiger partial charge in [-0.1, -0.05) is 70.6 Å². The first kappa shape index (κ1) is 22.1. The highest BCUT2D eigenvalue weighted by Gasteiger charge is 2.48. The van der Waals surface area contributed by atoms with E-state index in [1.165, 1.54) is 82.6 Å².